The van der Waals surface area contributed by atoms with Gasteiger partial charge in [0.25, 0.3) is 0 Å². The molecule has 2 N–H and O–H groups in total. The van der Waals surface area contributed by atoms with Crippen LogP contribution in [0.1, 0.15) is 24.0 Å². The van der Waals surface area contributed by atoms with E-state index in [1.807, 2.05) is 6.07 Å². The Morgan fingerprint density at radius 3 is 2.84 bits per heavy atom. The van der Waals surface area contributed by atoms with Gasteiger partial charge in [-0.3, -0.25) is 19.8 Å². The van der Waals surface area contributed by atoms with E-state index in [1.54, 1.807) is 12.1 Å². The van der Waals surface area contributed by atoms with E-state index >= 15 is 0 Å². The Bertz CT molecular complexity index is 541. The molecule has 0 spiro atoms. The van der Waals surface area contributed by atoms with Crippen LogP contribution in [0.15, 0.2) is 18.2 Å². The molecule has 5 nitrogen and oxygen atoms in total. The van der Waals surface area contributed by atoms with Crippen molar-refractivity contribution in [1.29, 1.82) is 0 Å². The summed E-state index contributed by atoms with van der Waals surface area (Å²) in [7, 11) is 0. The number of aromatic hydroxyl groups is 1. The quantitative estimate of drug-likeness (QED) is 0.724. The van der Waals surface area contributed by atoms with Gasteiger partial charge in [-0.05, 0) is 36.1 Å². The lowest BCUT2D eigenvalue weighted by Crippen LogP contribution is -2.53. The first-order valence-corrected chi connectivity index (χ1v) is 6.52. The van der Waals surface area contributed by atoms with Gasteiger partial charge < -0.3 is 5.11 Å². The second kappa shape index (κ2) is 4.66. The van der Waals surface area contributed by atoms with Gasteiger partial charge in [0.1, 0.15) is 5.75 Å². The second-order valence-electron chi connectivity index (χ2n) is 5.14. The monoisotopic (exact) mass is 260 g/mol. The average molecular weight is 260 g/mol. The molecule has 3 rings (SSSR count). The molecule has 2 aliphatic rings. The summed E-state index contributed by atoms with van der Waals surface area (Å²) in [6.07, 6.45) is 1.85. The lowest BCUT2D eigenvalue weighted by Gasteiger charge is -2.36. The summed E-state index contributed by atoms with van der Waals surface area (Å²) in [5.74, 6) is -0.125. The van der Waals surface area contributed by atoms with Crippen LogP contribution >= 0.6 is 0 Å². The van der Waals surface area contributed by atoms with Crippen molar-refractivity contribution in [2.24, 2.45) is 0 Å². The number of phenolic OH excluding ortho intramolecular Hbond substituents is 1. The number of hydrogen-bond acceptors (Lipinski definition) is 4. The van der Waals surface area contributed by atoms with Crippen LogP contribution < -0.4 is 5.32 Å². The minimum Gasteiger partial charge on any atom is -0.508 e. The highest BCUT2D eigenvalue weighted by molar-refractivity contribution is 6.00. The van der Waals surface area contributed by atoms with Crippen LogP contribution in [0.2, 0.25) is 0 Å². The van der Waals surface area contributed by atoms with Crippen molar-refractivity contribution in [3.63, 3.8) is 0 Å². The summed E-state index contributed by atoms with van der Waals surface area (Å²) in [6.45, 7) is 1.46. The number of rotatable bonds is 1. The topological polar surface area (TPSA) is 69.6 Å². The number of fused-ring (bicyclic) bond motifs is 1. The molecule has 2 amide bonds. The van der Waals surface area contributed by atoms with Gasteiger partial charge in [0, 0.05) is 19.5 Å². The summed E-state index contributed by atoms with van der Waals surface area (Å²) in [5, 5.41) is 11.9. The van der Waals surface area contributed by atoms with Crippen molar-refractivity contribution in [1.82, 2.24) is 10.2 Å². The summed E-state index contributed by atoms with van der Waals surface area (Å²) in [5.41, 5.74) is 2.29. The summed E-state index contributed by atoms with van der Waals surface area (Å²) in [4.78, 5) is 25.1. The fourth-order valence-electron chi connectivity index (χ4n) is 2.86. The molecular weight excluding hydrogens is 244 g/mol. The van der Waals surface area contributed by atoms with E-state index in [0.29, 0.717) is 19.4 Å². The molecule has 2 aliphatic heterocycles. The molecule has 19 heavy (non-hydrogen) atoms. The lowest BCUT2D eigenvalue weighted by atomic mass is 9.96. The zero-order chi connectivity index (χ0) is 13.4. The van der Waals surface area contributed by atoms with Crippen LogP contribution in [-0.2, 0) is 22.6 Å². The van der Waals surface area contributed by atoms with Gasteiger partial charge in [-0.25, -0.2) is 0 Å². The van der Waals surface area contributed by atoms with E-state index < -0.39 is 0 Å². The summed E-state index contributed by atoms with van der Waals surface area (Å²) >= 11 is 0. The Kier molecular flexibility index (Phi) is 2.98. The normalized spacial score (nSPS) is 23.9. The van der Waals surface area contributed by atoms with Crippen LogP contribution in [-0.4, -0.2) is 34.4 Å². The molecule has 100 valence electrons. The Morgan fingerprint density at radius 1 is 1.21 bits per heavy atom. The molecule has 1 aromatic rings. The maximum absolute atomic E-state index is 11.9. The number of benzene rings is 1. The van der Waals surface area contributed by atoms with Gasteiger partial charge in [0.15, 0.2) is 0 Å². The summed E-state index contributed by atoms with van der Waals surface area (Å²) in [6, 6.07) is 5.16. The standard InChI is InChI=1S/C14H16N2O3/c17-11-2-1-9-5-6-16(8-10(9)7-11)12-3-4-13(18)15-14(12)19/h1-2,7,12,17H,3-6,8H2,(H,15,18,19)/t12-/m1/s1. The maximum atomic E-state index is 11.9. The number of piperidine rings is 1. The predicted octanol–water partition coefficient (Wildman–Crippen LogP) is 0.555. The highest BCUT2D eigenvalue weighted by atomic mass is 16.3. The molecule has 0 saturated carbocycles. The highest BCUT2D eigenvalue weighted by Crippen LogP contribution is 2.26. The van der Waals surface area contributed by atoms with Gasteiger partial charge in [-0.1, -0.05) is 6.07 Å². The van der Waals surface area contributed by atoms with Crippen LogP contribution in [0.5, 0.6) is 5.75 Å². The second-order valence-corrected chi connectivity index (χ2v) is 5.14. The maximum Gasteiger partial charge on any atom is 0.243 e. The number of nitrogens with one attached hydrogen (secondary N) is 1. The van der Waals surface area contributed by atoms with E-state index in [-0.39, 0.29) is 23.6 Å². The lowest BCUT2D eigenvalue weighted by molar-refractivity contribution is -0.137. The van der Waals surface area contributed by atoms with Crippen LogP contribution in [0, 0.1) is 0 Å². The molecule has 5 heteroatoms. The fraction of sp³-hybridized carbons (Fsp3) is 0.429. The molecule has 1 atom stereocenters. The molecule has 2 heterocycles. The van der Waals surface area contributed by atoms with Crippen LogP contribution in [0.3, 0.4) is 0 Å². The molecule has 0 bridgehead atoms. The molecule has 0 unspecified atom stereocenters. The van der Waals surface area contributed by atoms with Crippen molar-refractivity contribution < 1.29 is 14.7 Å². The van der Waals surface area contributed by atoms with E-state index in [2.05, 4.69) is 10.2 Å². The molecule has 1 aromatic carbocycles. The van der Waals surface area contributed by atoms with Gasteiger partial charge in [-0.15, -0.1) is 0 Å². The highest BCUT2D eigenvalue weighted by Gasteiger charge is 2.33. The zero-order valence-corrected chi connectivity index (χ0v) is 10.6. The Hall–Kier alpha value is -1.88. The van der Waals surface area contributed by atoms with Crippen molar-refractivity contribution >= 4 is 11.8 Å². The van der Waals surface area contributed by atoms with Gasteiger partial charge in [0.2, 0.25) is 11.8 Å². The zero-order valence-electron chi connectivity index (χ0n) is 10.6. The van der Waals surface area contributed by atoms with E-state index in [9.17, 15) is 14.7 Å². The number of carbonyl (C=O) groups excluding carboxylic acids is 2. The third kappa shape index (κ3) is 2.33. The largest absolute Gasteiger partial charge is 0.508 e. The van der Waals surface area contributed by atoms with E-state index in [0.717, 1.165) is 18.5 Å². The molecule has 0 aliphatic carbocycles. The molecular formula is C14H16N2O3. The van der Waals surface area contributed by atoms with Gasteiger partial charge >= 0.3 is 0 Å². The van der Waals surface area contributed by atoms with Crippen molar-refractivity contribution in [3.8, 4) is 5.75 Å². The van der Waals surface area contributed by atoms with Gasteiger partial charge in [-0.2, -0.15) is 0 Å². The van der Waals surface area contributed by atoms with E-state index in [1.165, 1.54) is 5.56 Å². The Morgan fingerprint density at radius 2 is 2.05 bits per heavy atom. The smallest absolute Gasteiger partial charge is 0.243 e. The average Bonchev–Trinajstić information content (AvgIpc) is 2.38. The molecule has 1 fully saturated rings. The Balaban J connectivity index is 1.78. The number of carbonyl (C=O) groups is 2. The number of nitrogens with zero attached hydrogens (tertiary/aromatic N) is 1. The molecule has 0 radical (unpaired) electrons. The number of amides is 2. The summed E-state index contributed by atoms with van der Waals surface area (Å²) < 4.78 is 0. The number of hydrogen-bond donors (Lipinski definition) is 2. The Labute approximate surface area is 111 Å². The SMILES string of the molecule is O=C1CC[C@@H](N2CCc3ccc(O)cc3C2)C(=O)N1. The third-order valence-corrected chi connectivity index (χ3v) is 3.88. The predicted molar refractivity (Wildman–Crippen MR) is 68.4 cm³/mol. The number of imide groups is 1. The fourth-order valence-corrected chi connectivity index (χ4v) is 2.86. The molecule has 1 saturated heterocycles. The van der Waals surface area contributed by atoms with Gasteiger partial charge in [0.05, 0.1) is 6.04 Å². The van der Waals surface area contributed by atoms with Crippen LogP contribution in [0.25, 0.3) is 0 Å². The van der Waals surface area contributed by atoms with Crippen molar-refractivity contribution in [2.75, 3.05) is 6.54 Å². The first-order chi connectivity index (χ1) is 9.13. The van der Waals surface area contributed by atoms with E-state index in [4.69, 9.17) is 0 Å². The first kappa shape index (κ1) is 12.2. The first-order valence-electron chi connectivity index (χ1n) is 6.52. The van der Waals surface area contributed by atoms with Crippen molar-refractivity contribution in [2.45, 2.75) is 31.8 Å². The minimum atomic E-state index is -0.229. The molecule has 0 aromatic heterocycles. The minimum absolute atomic E-state index is 0.184. The van der Waals surface area contributed by atoms with Crippen molar-refractivity contribution in [3.05, 3.63) is 29.3 Å². The number of phenols is 1. The van der Waals surface area contributed by atoms with Crippen LogP contribution in [0.4, 0.5) is 0 Å². The third-order valence-electron chi connectivity index (χ3n) is 3.88.